The minimum Gasteiger partial charge on any atom is -0.495 e. The molecule has 366 valence electrons. The van der Waals surface area contributed by atoms with Crippen LogP contribution >= 0.6 is 0 Å². The number of hydrogen-bond donors (Lipinski definition) is 5. The van der Waals surface area contributed by atoms with Crippen LogP contribution in [0.2, 0.25) is 0 Å². The summed E-state index contributed by atoms with van der Waals surface area (Å²) >= 11 is 0. The Morgan fingerprint density at radius 2 is 1.63 bits per heavy atom. The monoisotopic (exact) mass is 940 g/mol. The number of piperidine rings is 1. The van der Waals surface area contributed by atoms with Crippen LogP contribution in [0.15, 0.2) is 42.6 Å². The number of amides is 6. The Hall–Kier alpha value is -6.22. The average Bonchev–Trinajstić information content (AvgIpc) is 3.99. The van der Waals surface area contributed by atoms with Gasteiger partial charge in [0.15, 0.2) is 5.82 Å². The highest BCUT2D eigenvalue weighted by atomic mass is 16.5. The van der Waals surface area contributed by atoms with E-state index in [2.05, 4.69) is 36.5 Å². The first kappa shape index (κ1) is 49.7. The number of nitrogens with one attached hydrogen (secondary N) is 5. The van der Waals surface area contributed by atoms with Gasteiger partial charge in [-0.15, -0.1) is 0 Å². The first-order valence-electron chi connectivity index (χ1n) is 23.7. The number of benzene rings is 2. The maximum absolute atomic E-state index is 13.3. The number of likely N-dealkylation sites (N-methyl/N-ethyl adjacent to an activating group) is 1. The van der Waals surface area contributed by atoms with E-state index in [1.165, 1.54) is 12.0 Å². The zero-order chi connectivity index (χ0) is 48.0. The highest BCUT2D eigenvalue weighted by Gasteiger charge is 2.42. The summed E-state index contributed by atoms with van der Waals surface area (Å²) in [5.41, 5.74) is 3.40. The van der Waals surface area contributed by atoms with E-state index in [9.17, 15) is 28.8 Å². The van der Waals surface area contributed by atoms with E-state index in [0.29, 0.717) is 117 Å². The number of carbonyl (C=O) groups excluding carboxylic acids is 6. The van der Waals surface area contributed by atoms with Gasteiger partial charge in [-0.25, -0.2) is 4.98 Å². The first-order chi connectivity index (χ1) is 33.1. The molecule has 1 saturated heterocycles. The SMILES string of the molecule is CC[C@@H]1C(=O)N(C)c2cnc(Nc3ccc(C(=O)NCCOCCOCCOCCNCCCCC(=O)Nc4cccc5c4CN(C4CCC(=O)NC4=O)C5=O)cc3OC)nc2N1C1CCCC1. The molecule has 1 unspecified atom stereocenters. The molecule has 2 aromatic carbocycles. The van der Waals surface area contributed by atoms with E-state index in [1.807, 2.05) is 6.92 Å². The zero-order valence-corrected chi connectivity index (χ0v) is 39.2. The van der Waals surface area contributed by atoms with Crippen LogP contribution in [0.5, 0.6) is 5.75 Å². The van der Waals surface area contributed by atoms with Gasteiger partial charge in [0.1, 0.15) is 23.5 Å². The second kappa shape index (κ2) is 24.2. The van der Waals surface area contributed by atoms with Gasteiger partial charge < -0.3 is 54.9 Å². The number of imide groups is 1. The number of aromatic nitrogens is 2. The Morgan fingerprint density at radius 3 is 2.37 bits per heavy atom. The maximum atomic E-state index is 13.3. The zero-order valence-electron chi connectivity index (χ0n) is 39.2. The summed E-state index contributed by atoms with van der Waals surface area (Å²) in [5, 5.41) is 14.7. The van der Waals surface area contributed by atoms with Crippen molar-refractivity contribution in [3.05, 3.63) is 59.3 Å². The van der Waals surface area contributed by atoms with Crippen molar-refractivity contribution < 1.29 is 47.7 Å². The highest BCUT2D eigenvalue weighted by molar-refractivity contribution is 6.07. The molecule has 4 aliphatic rings. The number of methoxy groups -OCH3 is 1. The van der Waals surface area contributed by atoms with Gasteiger partial charge in [0.2, 0.25) is 29.6 Å². The molecule has 1 aliphatic carbocycles. The van der Waals surface area contributed by atoms with Crippen LogP contribution in [0.25, 0.3) is 0 Å². The molecule has 20 nitrogen and oxygen atoms in total. The minimum atomic E-state index is -0.713. The van der Waals surface area contributed by atoms with Crippen molar-refractivity contribution in [1.82, 2.24) is 30.8 Å². The molecular formula is C48H64N10O10. The summed E-state index contributed by atoms with van der Waals surface area (Å²) in [6.45, 7) is 6.39. The van der Waals surface area contributed by atoms with Crippen molar-refractivity contribution in [3.8, 4) is 5.75 Å². The fraction of sp³-hybridized carbons (Fsp3) is 0.542. The van der Waals surface area contributed by atoms with Gasteiger partial charge in [-0.2, -0.15) is 4.98 Å². The Bertz CT molecular complexity index is 2290. The van der Waals surface area contributed by atoms with Crippen LogP contribution in [0.1, 0.15) is 97.4 Å². The Labute approximate surface area is 396 Å². The molecule has 0 radical (unpaired) electrons. The third-order valence-corrected chi connectivity index (χ3v) is 12.7. The normalized spacial score (nSPS) is 18.1. The molecule has 0 spiro atoms. The van der Waals surface area contributed by atoms with E-state index < -0.39 is 11.9 Å². The van der Waals surface area contributed by atoms with E-state index in [1.54, 1.807) is 54.5 Å². The quantitative estimate of drug-likeness (QED) is 0.0603. The minimum absolute atomic E-state index is 0.0565. The van der Waals surface area contributed by atoms with Crippen LogP contribution in [0, 0.1) is 0 Å². The van der Waals surface area contributed by atoms with E-state index in [4.69, 9.17) is 23.9 Å². The molecule has 4 heterocycles. The number of fused-ring (bicyclic) bond motifs is 2. The van der Waals surface area contributed by atoms with Crippen LogP contribution in [-0.4, -0.2) is 142 Å². The van der Waals surface area contributed by atoms with Crippen molar-refractivity contribution in [1.29, 1.82) is 0 Å². The number of hydrogen-bond acceptors (Lipinski definition) is 15. The van der Waals surface area contributed by atoms with Crippen molar-refractivity contribution in [2.24, 2.45) is 0 Å². The number of carbonyl (C=O) groups is 6. The number of rotatable bonds is 25. The predicted molar refractivity (Wildman–Crippen MR) is 253 cm³/mol. The van der Waals surface area contributed by atoms with Gasteiger partial charge in [-0.3, -0.25) is 34.1 Å². The maximum Gasteiger partial charge on any atom is 0.255 e. The molecule has 6 amide bonds. The van der Waals surface area contributed by atoms with E-state index in [-0.39, 0.29) is 61.0 Å². The lowest BCUT2D eigenvalue weighted by atomic mass is 10.0. The number of unbranched alkanes of at least 4 members (excludes halogenated alkanes) is 1. The fourth-order valence-corrected chi connectivity index (χ4v) is 9.10. The van der Waals surface area contributed by atoms with Crippen molar-refractivity contribution >= 4 is 64.3 Å². The molecule has 20 heteroatoms. The first-order valence-corrected chi connectivity index (χ1v) is 23.7. The van der Waals surface area contributed by atoms with Crippen LogP contribution in [0.4, 0.5) is 28.8 Å². The molecule has 2 fully saturated rings. The molecule has 5 N–H and O–H groups in total. The lowest BCUT2D eigenvalue weighted by Gasteiger charge is -2.43. The van der Waals surface area contributed by atoms with Crippen LogP contribution < -0.4 is 41.1 Å². The smallest absolute Gasteiger partial charge is 0.255 e. The van der Waals surface area contributed by atoms with E-state index in [0.717, 1.165) is 44.5 Å². The van der Waals surface area contributed by atoms with Gasteiger partial charge >= 0.3 is 0 Å². The molecule has 1 aromatic heterocycles. The van der Waals surface area contributed by atoms with Gasteiger partial charge in [-0.1, -0.05) is 25.8 Å². The second-order valence-electron chi connectivity index (χ2n) is 17.2. The standard InChI is InChI=1S/C48H64N10O10/c1-4-37-47(64)56(2)39-29-51-48(55-43(39)58(37)32-10-5-6-11-32)53-36-16-15-31(28-40(36)65-3)44(61)50-21-23-67-25-27-68-26-24-66-22-20-49-19-8-7-14-41(59)52-35-13-9-12-33-34(35)30-57(46(33)63)38-17-18-42(60)54-45(38)62/h9,12-13,15-16,28-29,32,37-38,49H,4-8,10-11,14,17-27,30H2,1-3H3,(H,50,61)(H,52,59)(H,51,53,55)(H,54,60,62)/t37-,38?/m1/s1. The fourth-order valence-electron chi connectivity index (χ4n) is 9.10. The molecule has 3 aromatic rings. The third kappa shape index (κ3) is 12.3. The van der Waals surface area contributed by atoms with Crippen LogP contribution in [-0.2, 0) is 39.9 Å². The number of nitrogens with zero attached hydrogens (tertiary/aromatic N) is 5. The summed E-state index contributed by atoms with van der Waals surface area (Å²) in [7, 11) is 3.31. The largest absolute Gasteiger partial charge is 0.495 e. The Kier molecular flexibility index (Phi) is 17.7. The summed E-state index contributed by atoms with van der Waals surface area (Å²) in [5.74, 6) is 0.111. The predicted octanol–water partition coefficient (Wildman–Crippen LogP) is 3.67. The Morgan fingerprint density at radius 1 is 0.882 bits per heavy atom. The van der Waals surface area contributed by atoms with Gasteiger partial charge in [0.25, 0.3) is 11.8 Å². The third-order valence-electron chi connectivity index (χ3n) is 12.7. The molecule has 3 aliphatic heterocycles. The lowest BCUT2D eigenvalue weighted by molar-refractivity contribution is -0.137. The van der Waals surface area contributed by atoms with Crippen molar-refractivity contribution in [3.63, 3.8) is 0 Å². The van der Waals surface area contributed by atoms with Gasteiger partial charge in [0, 0.05) is 67.9 Å². The second-order valence-corrected chi connectivity index (χ2v) is 17.2. The van der Waals surface area contributed by atoms with Gasteiger partial charge in [0.05, 0.1) is 58.6 Å². The van der Waals surface area contributed by atoms with Crippen LogP contribution in [0.3, 0.4) is 0 Å². The molecule has 7 rings (SSSR count). The van der Waals surface area contributed by atoms with Gasteiger partial charge in [-0.05, 0) is 75.4 Å². The highest BCUT2D eigenvalue weighted by Crippen LogP contribution is 2.40. The lowest BCUT2D eigenvalue weighted by Crippen LogP contribution is -2.55. The topological polar surface area (TPSA) is 235 Å². The van der Waals surface area contributed by atoms with E-state index >= 15 is 0 Å². The van der Waals surface area contributed by atoms with Crippen molar-refractivity contribution in [2.75, 3.05) is 93.9 Å². The average molecular weight is 941 g/mol. The summed E-state index contributed by atoms with van der Waals surface area (Å²) in [4.78, 5) is 90.7. The number of anilines is 5. The summed E-state index contributed by atoms with van der Waals surface area (Å²) in [6, 6.07) is 9.54. The molecule has 2 atom stereocenters. The summed E-state index contributed by atoms with van der Waals surface area (Å²) in [6.07, 6.45) is 8.94. The molecular weight excluding hydrogens is 877 g/mol. The van der Waals surface area contributed by atoms with Crippen molar-refractivity contribution in [2.45, 2.75) is 95.8 Å². The number of ether oxygens (including phenoxy) is 4. The molecule has 1 saturated carbocycles. The summed E-state index contributed by atoms with van der Waals surface area (Å²) < 4.78 is 22.5. The molecule has 0 bridgehead atoms. The molecule has 68 heavy (non-hydrogen) atoms. The Balaban J connectivity index is 0.702.